The van der Waals surface area contributed by atoms with Crippen molar-refractivity contribution in [1.82, 2.24) is 14.9 Å². The number of carbonyl (C=O) groups excluding carboxylic acids is 1. The van der Waals surface area contributed by atoms with Gasteiger partial charge in [0.1, 0.15) is 0 Å². The quantitative estimate of drug-likeness (QED) is 0.804. The van der Waals surface area contributed by atoms with Crippen LogP contribution in [0.2, 0.25) is 0 Å². The van der Waals surface area contributed by atoms with Crippen LogP contribution in [0.15, 0.2) is 30.7 Å². The Bertz CT molecular complexity index is 862. The number of aromatic nitrogens is 2. The maximum absolute atomic E-state index is 13.3. The van der Waals surface area contributed by atoms with Gasteiger partial charge in [-0.1, -0.05) is 6.92 Å². The molecule has 5 nitrogen and oxygen atoms in total. The van der Waals surface area contributed by atoms with Gasteiger partial charge in [-0.3, -0.25) is 14.8 Å². The molecule has 0 aromatic carbocycles. The van der Waals surface area contributed by atoms with Gasteiger partial charge in [-0.15, -0.1) is 0 Å². The lowest BCUT2D eigenvalue weighted by Gasteiger charge is -2.31. The summed E-state index contributed by atoms with van der Waals surface area (Å²) in [6, 6.07) is 3.99. The molecule has 2 aromatic heterocycles. The third-order valence-corrected chi connectivity index (χ3v) is 5.46. The highest BCUT2D eigenvalue weighted by atomic mass is 19.3. The maximum Gasteiger partial charge on any atom is 0.251 e. The molecule has 0 radical (unpaired) electrons. The van der Waals surface area contributed by atoms with Crippen LogP contribution in [-0.4, -0.2) is 46.3 Å². The second kappa shape index (κ2) is 8.95. The molecule has 1 fully saturated rings. The first-order valence-corrected chi connectivity index (χ1v) is 10.0. The van der Waals surface area contributed by atoms with Crippen molar-refractivity contribution >= 4 is 5.91 Å². The van der Waals surface area contributed by atoms with Crippen LogP contribution < -0.4 is 5.73 Å². The van der Waals surface area contributed by atoms with Gasteiger partial charge in [-0.2, -0.15) is 0 Å². The number of hydrogen-bond donors (Lipinski definition) is 1. The van der Waals surface area contributed by atoms with Crippen molar-refractivity contribution in [3.05, 3.63) is 47.5 Å². The van der Waals surface area contributed by atoms with Crippen LogP contribution in [0.5, 0.6) is 0 Å². The standard InChI is InChI=1S/C22H28F2N4O/c1-15(11-25)7-20-16(2)8-18(14-27-20)19-9-17(12-26-13-19)10-21(29)28-5-3-22(23,24)4-6-28/h8-9,12-15H,3-7,10-11,25H2,1-2H3. The van der Waals surface area contributed by atoms with Crippen LogP contribution in [0.25, 0.3) is 11.1 Å². The number of piperidine rings is 1. The summed E-state index contributed by atoms with van der Waals surface area (Å²) in [6.07, 6.45) is 5.68. The van der Waals surface area contributed by atoms with E-state index in [9.17, 15) is 13.6 Å². The van der Waals surface area contributed by atoms with Gasteiger partial charge in [0.05, 0.1) is 6.42 Å². The minimum atomic E-state index is -2.66. The zero-order valence-electron chi connectivity index (χ0n) is 17.0. The predicted octanol–water partition coefficient (Wildman–Crippen LogP) is 3.39. The van der Waals surface area contributed by atoms with Gasteiger partial charge in [0.25, 0.3) is 5.92 Å². The number of nitrogens with zero attached hydrogens (tertiary/aromatic N) is 3. The van der Waals surface area contributed by atoms with Crippen LogP contribution in [0.3, 0.4) is 0 Å². The van der Waals surface area contributed by atoms with E-state index < -0.39 is 5.92 Å². The number of halogens is 2. The largest absolute Gasteiger partial charge is 0.342 e. The lowest BCUT2D eigenvalue weighted by atomic mass is 9.99. The highest BCUT2D eigenvalue weighted by Crippen LogP contribution is 2.28. The van der Waals surface area contributed by atoms with Crippen molar-refractivity contribution in [1.29, 1.82) is 0 Å². The average Bonchev–Trinajstić information content (AvgIpc) is 2.69. The Balaban J connectivity index is 1.69. The monoisotopic (exact) mass is 402 g/mol. The Kier molecular flexibility index (Phi) is 6.57. The fourth-order valence-electron chi connectivity index (χ4n) is 3.50. The zero-order chi connectivity index (χ0) is 21.0. The Morgan fingerprint density at radius 3 is 2.55 bits per heavy atom. The number of hydrogen-bond acceptors (Lipinski definition) is 4. The Labute approximate surface area is 170 Å². The SMILES string of the molecule is Cc1cc(-c2cncc(CC(=O)N3CCC(F)(F)CC3)c2)cnc1CC(C)CN. The van der Waals surface area contributed by atoms with E-state index in [0.717, 1.165) is 34.4 Å². The van der Waals surface area contributed by atoms with Crippen molar-refractivity contribution in [3.63, 3.8) is 0 Å². The summed E-state index contributed by atoms with van der Waals surface area (Å²) in [7, 11) is 0. The fraction of sp³-hybridized carbons (Fsp3) is 0.500. The third-order valence-electron chi connectivity index (χ3n) is 5.46. The fourth-order valence-corrected chi connectivity index (χ4v) is 3.50. The molecular weight excluding hydrogens is 374 g/mol. The van der Waals surface area contributed by atoms with Gasteiger partial charge in [-0.25, -0.2) is 8.78 Å². The zero-order valence-corrected chi connectivity index (χ0v) is 17.0. The van der Waals surface area contributed by atoms with Crippen LogP contribution in [0.4, 0.5) is 8.78 Å². The molecule has 0 spiro atoms. The van der Waals surface area contributed by atoms with Crippen LogP contribution >= 0.6 is 0 Å². The van der Waals surface area contributed by atoms with Gasteiger partial charge >= 0.3 is 0 Å². The highest BCUT2D eigenvalue weighted by molar-refractivity contribution is 5.79. The van der Waals surface area contributed by atoms with E-state index in [-0.39, 0.29) is 38.3 Å². The molecule has 0 aliphatic carbocycles. The molecule has 2 aromatic rings. The van der Waals surface area contributed by atoms with Crippen LogP contribution in [-0.2, 0) is 17.6 Å². The normalized spacial score (nSPS) is 17.2. The summed E-state index contributed by atoms with van der Waals surface area (Å²) in [5.74, 6) is -2.42. The smallest absolute Gasteiger partial charge is 0.251 e. The number of nitrogens with two attached hydrogens (primary N) is 1. The number of aryl methyl sites for hydroxylation is 1. The number of rotatable bonds is 6. The lowest BCUT2D eigenvalue weighted by Crippen LogP contribution is -2.43. The third kappa shape index (κ3) is 5.56. The molecule has 29 heavy (non-hydrogen) atoms. The van der Waals surface area contributed by atoms with Gasteiger partial charge in [0, 0.05) is 61.3 Å². The minimum absolute atomic E-state index is 0.102. The van der Waals surface area contributed by atoms with E-state index in [2.05, 4.69) is 23.0 Å². The summed E-state index contributed by atoms with van der Waals surface area (Å²) < 4.78 is 26.6. The van der Waals surface area contributed by atoms with Gasteiger partial charge < -0.3 is 10.6 Å². The first-order valence-electron chi connectivity index (χ1n) is 10.0. The first kappa shape index (κ1) is 21.3. The summed E-state index contributed by atoms with van der Waals surface area (Å²) >= 11 is 0. The first-order chi connectivity index (χ1) is 13.8. The minimum Gasteiger partial charge on any atom is -0.342 e. The average molecular weight is 402 g/mol. The Morgan fingerprint density at radius 1 is 1.21 bits per heavy atom. The van der Waals surface area contributed by atoms with Crippen LogP contribution in [0, 0.1) is 12.8 Å². The molecule has 7 heteroatoms. The van der Waals surface area contributed by atoms with Crippen molar-refractivity contribution in [2.45, 2.75) is 45.5 Å². The van der Waals surface area contributed by atoms with Crippen molar-refractivity contribution in [2.24, 2.45) is 11.7 Å². The van der Waals surface area contributed by atoms with Crippen molar-refractivity contribution in [2.75, 3.05) is 19.6 Å². The van der Waals surface area contributed by atoms with Crippen molar-refractivity contribution in [3.8, 4) is 11.1 Å². The molecule has 1 saturated heterocycles. The van der Waals surface area contributed by atoms with Crippen LogP contribution in [0.1, 0.15) is 36.6 Å². The predicted molar refractivity (Wildman–Crippen MR) is 109 cm³/mol. The Hall–Kier alpha value is -2.41. The van der Waals surface area contributed by atoms with E-state index >= 15 is 0 Å². The van der Waals surface area contributed by atoms with Gasteiger partial charge in [-0.05, 0) is 49.1 Å². The van der Waals surface area contributed by atoms with Gasteiger partial charge in [0.2, 0.25) is 5.91 Å². The number of alkyl halides is 2. The number of pyridine rings is 2. The molecule has 0 saturated carbocycles. The second-order valence-electron chi connectivity index (χ2n) is 8.03. The number of amides is 1. The van der Waals surface area contributed by atoms with E-state index in [1.54, 1.807) is 12.4 Å². The summed E-state index contributed by atoms with van der Waals surface area (Å²) in [4.78, 5) is 22.9. The number of carbonyl (C=O) groups is 1. The number of likely N-dealkylation sites (tertiary alicyclic amines) is 1. The van der Waals surface area contributed by atoms with E-state index in [1.165, 1.54) is 4.90 Å². The summed E-state index contributed by atoms with van der Waals surface area (Å²) in [5.41, 5.74) is 10.4. The molecule has 156 valence electrons. The molecule has 3 heterocycles. The molecular formula is C22H28F2N4O. The van der Waals surface area contributed by atoms with E-state index in [4.69, 9.17) is 5.73 Å². The molecule has 1 aliphatic rings. The topological polar surface area (TPSA) is 72.1 Å². The van der Waals surface area contributed by atoms with Crippen molar-refractivity contribution < 1.29 is 13.6 Å². The maximum atomic E-state index is 13.3. The second-order valence-corrected chi connectivity index (χ2v) is 8.03. The molecule has 1 unspecified atom stereocenters. The molecule has 1 amide bonds. The summed E-state index contributed by atoms with van der Waals surface area (Å²) in [5, 5.41) is 0. The highest BCUT2D eigenvalue weighted by Gasteiger charge is 2.35. The lowest BCUT2D eigenvalue weighted by molar-refractivity contribution is -0.136. The Morgan fingerprint density at radius 2 is 1.90 bits per heavy atom. The van der Waals surface area contributed by atoms with E-state index in [0.29, 0.717) is 12.5 Å². The molecule has 2 N–H and O–H groups in total. The molecule has 0 bridgehead atoms. The molecule has 1 aliphatic heterocycles. The summed E-state index contributed by atoms with van der Waals surface area (Å²) in [6.45, 7) is 4.96. The molecule has 3 rings (SSSR count). The van der Waals surface area contributed by atoms with Gasteiger partial charge in [0.15, 0.2) is 0 Å². The molecule has 1 atom stereocenters. The van der Waals surface area contributed by atoms with E-state index in [1.807, 2.05) is 19.2 Å².